The summed E-state index contributed by atoms with van der Waals surface area (Å²) in [7, 11) is 1.74. The van der Waals surface area contributed by atoms with Gasteiger partial charge in [-0.15, -0.1) is 5.10 Å². The van der Waals surface area contributed by atoms with E-state index in [1.54, 1.807) is 36.9 Å². The fraction of sp³-hybridized carbons (Fsp3) is 0.375. The van der Waals surface area contributed by atoms with Crippen LogP contribution >= 0.6 is 0 Å². The van der Waals surface area contributed by atoms with Gasteiger partial charge in [0, 0.05) is 25.2 Å². The number of amides is 1. The summed E-state index contributed by atoms with van der Waals surface area (Å²) in [5.74, 6) is -0.236. The van der Waals surface area contributed by atoms with Crippen LogP contribution in [0, 0.1) is 6.92 Å². The lowest BCUT2D eigenvalue weighted by Crippen LogP contribution is -2.43. The monoisotopic (exact) mass is 364 g/mol. The van der Waals surface area contributed by atoms with E-state index in [1.165, 1.54) is 11.0 Å². The van der Waals surface area contributed by atoms with Crippen LogP contribution < -0.4 is 4.90 Å². The van der Waals surface area contributed by atoms with Gasteiger partial charge in [-0.2, -0.15) is 18.3 Å². The van der Waals surface area contributed by atoms with Crippen molar-refractivity contribution in [2.24, 2.45) is 7.05 Å². The molecule has 3 aromatic rings. The molecule has 10 heteroatoms. The van der Waals surface area contributed by atoms with E-state index in [4.69, 9.17) is 0 Å². The van der Waals surface area contributed by atoms with Crippen molar-refractivity contribution in [1.82, 2.24) is 24.8 Å². The van der Waals surface area contributed by atoms with Gasteiger partial charge >= 0.3 is 6.18 Å². The topological polar surface area (TPSA) is 68.8 Å². The maximum absolute atomic E-state index is 13.3. The quantitative estimate of drug-likeness (QED) is 0.666. The van der Waals surface area contributed by atoms with Crippen LogP contribution in [-0.4, -0.2) is 43.4 Å². The summed E-state index contributed by atoms with van der Waals surface area (Å²) in [4.78, 5) is 14.3. The molecule has 4 rings (SSSR count). The number of halogens is 3. The van der Waals surface area contributed by atoms with Gasteiger partial charge in [-0.3, -0.25) is 9.69 Å². The Kier molecular flexibility index (Phi) is 3.53. The average Bonchev–Trinajstić information content (AvgIpc) is 3.14. The number of carbonyl (C=O) groups excluding carboxylic acids is 1. The molecule has 0 N–H and O–H groups in total. The van der Waals surface area contributed by atoms with Crippen molar-refractivity contribution in [3.8, 4) is 0 Å². The van der Waals surface area contributed by atoms with E-state index in [0.29, 0.717) is 16.8 Å². The highest BCUT2D eigenvalue weighted by atomic mass is 19.4. The van der Waals surface area contributed by atoms with Crippen molar-refractivity contribution in [2.75, 3.05) is 11.4 Å². The van der Waals surface area contributed by atoms with Crippen molar-refractivity contribution in [3.63, 3.8) is 0 Å². The minimum absolute atomic E-state index is 0.0351. The molecule has 1 aromatic carbocycles. The van der Waals surface area contributed by atoms with Crippen molar-refractivity contribution < 1.29 is 18.0 Å². The van der Waals surface area contributed by atoms with Gasteiger partial charge in [-0.1, -0.05) is 5.21 Å². The highest BCUT2D eigenvalue weighted by Crippen LogP contribution is 2.39. The third-order valence-corrected chi connectivity index (χ3v) is 4.52. The smallest absolute Gasteiger partial charge is 0.293 e. The molecule has 26 heavy (non-hydrogen) atoms. The van der Waals surface area contributed by atoms with Gasteiger partial charge in [0.2, 0.25) is 0 Å². The summed E-state index contributed by atoms with van der Waals surface area (Å²) in [6, 6.07) is 4.70. The van der Waals surface area contributed by atoms with E-state index in [1.807, 2.05) is 0 Å². The molecule has 0 saturated heterocycles. The van der Waals surface area contributed by atoms with E-state index in [2.05, 4.69) is 15.4 Å². The maximum atomic E-state index is 13.3. The Balaban J connectivity index is 1.73. The molecule has 136 valence electrons. The van der Waals surface area contributed by atoms with Gasteiger partial charge < -0.3 is 0 Å². The van der Waals surface area contributed by atoms with E-state index in [-0.39, 0.29) is 24.7 Å². The largest absolute Gasteiger partial charge is 0.410 e. The predicted octanol–water partition coefficient (Wildman–Crippen LogP) is 2.63. The average molecular weight is 364 g/mol. The Morgan fingerprint density at radius 3 is 2.77 bits per heavy atom. The van der Waals surface area contributed by atoms with Crippen LogP contribution in [0.2, 0.25) is 0 Å². The van der Waals surface area contributed by atoms with Crippen molar-refractivity contribution >= 4 is 22.8 Å². The van der Waals surface area contributed by atoms with Crippen LogP contribution in [0.25, 0.3) is 11.0 Å². The first-order valence-corrected chi connectivity index (χ1v) is 8.00. The van der Waals surface area contributed by atoms with Crippen LogP contribution in [0.5, 0.6) is 0 Å². The number of aromatic nitrogens is 5. The van der Waals surface area contributed by atoms with Gasteiger partial charge in [-0.05, 0) is 31.5 Å². The van der Waals surface area contributed by atoms with Crippen LogP contribution in [0.3, 0.4) is 0 Å². The SMILES string of the molecule is Cc1cc2n(n1)C(C(F)(F)F)CCN2C(=O)c1ccc2c(c1)nnn2C. The molecule has 0 spiro atoms. The minimum atomic E-state index is -4.42. The minimum Gasteiger partial charge on any atom is -0.293 e. The van der Waals surface area contributed by atoms with Crippen LogP contribution in [-0.2, 0) is 7.05 Å². The number of nitrogens with zero attached hydrogens (tertiary/aromatic N) is 6. The number of carbonyl (C=O) groups is 1. The molecule has 1 atom stereocenters. The van der Waals surface area contributed by atoms with Crippen molar-refractivity contribution in [1.29, 1.82) is 0 Å². The fourth-order valence-electron chi connectivity index (χ4n) is 3.26. The molecule has 1 unspecified atom stereocenters. The van der Waals surface area contributed by atoms with E-state index >= 15 is 0 Å². The number of aryl methyl sites for hydroxylation is 2. The first-order valence-electron chi connectivity index (χ1n) is 8.00. The summed E-state index contributed by atoms with van der Waals surface area (Å²) in [6.07, 6.45) is -4.66. The number of benzene rings is 1. The second-order valence-electron chi connectivity index (χ2n) is 6.31. The van der Waals surface area contributed by atoms with Gasteiger partial charge in [0.25, 0.3) is 5.91 Å². The predicted molar refractivity (Wildman–Crippen MR) is 86.9 cm³/mol. The van der Waals surface area contributed by atoms with E-state index < -0.39 is 12.2 Å². The number of rotatable bonds is 1. The van der Waals surface area contributed by atoms with Crippen LogP contribution in [0.1, 0.15) is 28.5 Å². The Morgan fingerprint density at radius 1 is 1.27 bits per heavy atom. The summed E-state index contributed by atoms with van der Waals surface area (Å²) in [6.45, 7) is 1.57. The molecule has 1 aliphatic heterocycles. The van der Waals surface area contributed by atoms with E-state index in [0.717, 1.165) is 10.2 Å². The van der Waals surface area contributed by atoms with E-state index in [9.17, 15) is 18.0 Å². The number of hydrogen-bond acceptors (Lipinski definition) is 4. The molecule has 0 saturated carbocycles. The molecule has 0 radical (unpaired) electrons. The molecule has 0 aliphatic carbocycles. The van der Waals surface area contributed by atoms with Gasteiger partial charge in [0.05, 0.1) is 11.2 Å². The second-order valence-corrected chi connectivity index (χ2v) is 6.31. The molecule has 1 amide bonds. The zero-order chi connectivity index (χ0) is 18.6. The lowest BCUT2D eigenvalue weighted by atomic mass is 10.1. The number of hydrogen-bond donors (Lipinski definition) is 0. The number of alkyl halides is 3. The maximum Gasteiger partial charge on any atom is 0.410 e. The fourth-order valence-corrected chi connectivity index (χ4v) is 3.26. The Hall–Kier alpha value is -2.91. The highest BCUT2D eigenvalue weighted by molar-refractivity contribution is 6.07. The molecule has 0 bridgehead atoms. The molecular weight excluding hydrogens is 349 g/mol. The molecule has 2 aromatic heterocycles. The third-order valence-electron chi connectivity index (χ3n) is 4.52. The molecular formula is C16H15F3N6O. The zero-order valence-corrected chi connectivity index (χ0v) is 14.0. The molecule has 7 nitrogen and oxygen atoms in total. The van der Waals surface area contributed by atoms with Gasteiger partial charge in [-0.25, -0.2) is 9.36 Å². The standard InChI is InChI=1S/C16H15F3N6O/c1-9-7-14-24(6-5-13(16(17,18)19)25(14)21-9)15(26)10-3-4-12-11(8-10)20-22-23(12)2/h3-4,7-8,13H,5-6H2,1-2H3. The Bertz CT molecular complexity index is 1010. The van der Waals surface area contributed by atoms with Crippen LogP contribution in [0.15, 0.2) is 24.3 Å². The lowest BCUT2D eigenvalue weighted by Gasteiger charge is -2.33. The van der Waals surface area contributed by atoms with Gasteiger partial charge in [0.15, 0.2) is 6.04 Å². The normalized spacial score (nSPS) is 17.6. The van der Waals surface area contributed by atoms with Gasteiger partial charge in [0.1, 0.15) is 11.3 Å². The third kappa shape index (κ3) is 2.52. The molecule has 1 aliphatic rings. The van der Waals surface area contributed by atoms with Crippen molar-refractivity contribution in [3.05, 3.63) is 35.5 Å². The van der Waals surface area contributed by atoms with Crippen LogP contribution in [0.4, 0.5) is 19.0 Å². The molecule has 0 fully saturated rings. The Morgan fingerprint density at radius 2 is 2.04 bits per heavy atom. The van der Waals surface area contributed by atoms with Crippen molar-refractivity contribution in [2.45, 2.75) is 25.6 Å². The summed E-state index contributed by atoms with van der Waals surface area (Å²) < 4.78 is 42.3. The first-order chi connectivity index (χ1) is 12.3. The first kappa shape index (κ1) is 16.6. The molecule has 3 heterocycles. The highest BCUT2D eigenvalue weighted by Gasteiger charge is 2.46. The number of anilines is 1. The summed E-state index contributed by atoms with van der Waals surface area (Å²) in [5.41, 5.74) is 2.08. The summed E-state index contributed by atoms with van der Waals surface area (Å²) in [5, 5.41) is 11.8. The second kappa shape index (κ2) is 5.55. The zero-order valence-electron chi connectivity index (χ0n) is 14.0. The summed E-state index contributed by atoms with van der Waals surface area (Å²) >= 11 is 0. The Labute approximate surface area is 146 Å². The number of fused-ring (bicyclic) bond motifs is 2. The lowest BCUT2D eigenvalue weighted by molar-refractivity contribution is -0.172.